The Hall–Kier alpha value is -0.785. The molecular formula is C10H19BO6. The second kappa shape index (κ2) is 5.24. The first-order valence-corrected chi connectivity index (χ1v) is 5.58. The van der Waals surface area contributed by atoms with Gasteiger partial charge >= 0.3 is 6.16 Å². The molecular weight excluding hydrogens is 227 g/mol. The molecule has 1 aliphatic heterocycles. The van der Waals surface area contributed by atoms with E-state index in [1.54, 1.807) is 28.6 Å². The van der Waals surface area contributed by atoms with E-state index in [-0.39, 0.29) is 6.61 Å². The van der Waals surface area contributed by atoms with Crippen molar-refractivity contribution in [2.45, 2.75) is 50.7 Å². The van der Waals surface area contributed by atoms with E-state index in [1.165, 1.54) is 0 Å². The van der Waals surface area contributed by atoms with Crippen LogP contribution in [0.25, 0.3) is 0 Å². The summed E-state index contributed by atoms with van der Waals surface area (Å²) in [6, 6.07) is -0.477. The van der Waals surface area contributed by atoms with Crippen molar-refractivity contribution in [2.75, 3.05) is 6.61 Å². The van der Waals surface area contributed by atoms with Crippen LogP contribution < -0.4 is 0 Å². The molecule has 0 aliphatic carbocycles. The summed E-state index contributed by atoms with van der Waals surface area (Å²) in [5.74, 6) is 0. The van der Waals surface area contributed by atoms with E-state index >= 15 is 0 Å². The Morgan fingerprint density at radius 2 is 2.06 bits per heavy atom. The number of rotatable bonds is 2. The molecule has 4 atom stereocenters. The fraction of sp³-hybridized carbons (Fsp3) is 0.900. The van der Waals surface area contributed by atoms with Gasteiger partial charge in [0.25, 0.3) is 0 Å². The topological polar surface area (TPSA) is 85.2 Å². The van der Waals surface area contributed by atoms with Crippen LogP contribution in [0.1, 0.15) is 20.8 Å². The zero-order valence-corrected chi connectivity index (χ0v) is 10.5. The van der Waals surface area contributed by atoms with Crippen molar-refractivity contribution in [1.82, 2.24) is 0 Å². The molecule has 1 aliphatic rings. The fourth-order valence-electron chi connectivity index (χ4n) is 1.62. The maximum absolute atomic E-state index is 11.4. The molecule has 0 bridgehead atoms. The Morgan fingerprint density at radius 1 is 1.47 bits per heavy atom. The molecule has 0 radical (unpaired) electrons. The Labute approximate surface area is 101 Å². The maximum Gasteiger partial charge on any atom is 0.509 e. The summed E-state index contributed by atoms with van der Waals surface area (Å²) in [5, 5.41) is 18.7. The smallest absolute Gasteiger partial charge is 0.429 e. The molecule has 2 N–H and O–H groups in total. The molecule has 0 saturated carbocycles. The van der Waals surface area contributed by atoms with E-state index in [4.69, 9.17) is 19.3 Å². The first kappa shape index (κ1) is 14.3. The van der Waals surface area contributed by atoms with Crippen LogP contribution in [0.5, 0.6) is 0 Å². The molecule has 17 heavy (non-hydrogen) atoms. The van der Waals surface area contributed by atoms with Crippen LogP contribution in [-0.4, -0.2) is 60.7 Å². The first-order valence-electron chi connectivity index (χ1n) is 5.58. The molecule has 1 fully saturated rings. The lowest BCUT2D eigenvalue weighted by atomic mass is 9.93. The minimum atomic E-state index is -1.04. The molecule has 1 unspecified atom stereocenters. The summed E-state index contributed by atoms with van der Waals surface area (Å²) in [4.78, 5) is 11.4. The minimum Gasteiger partial charge on any atom is -0.429 e. The zero-order chi connectivity index (χ0) is 13.2. The Balaban J connectivity index is 2.54. The molecule has 0 aromatic heterocycles. The van der Waals surface area contributed by atoms with Gasteiger partial charge in [0, 0.05) is 0 Å². The Kier molecular flexibility index (Phi) is 4.40. The molecule has 1 heterocycles. The fourth-order valence-corrected chi connectivity index (χ4v) is 1.62. The van der Waals surface area contributed by atoms with Gasteiger partial charge < -0.3 is 24.4 Å². The third-order valence-electron chi connectivity index (χ3n) is 2.37. The predicted molar refractivity (Wildman–Crippen MR) is 61.4 cm³/mol. The van der Waals surface area contributed by atoms with Crippen LogP contribution in [0.2, 0.25) is 0 Å². The van der Waals surface area contributed by atoms with Crippen LogP contribution in [0.4, 0.5) is 4.79 Å². The zero-order valence-electron chi connectivity index (χ0n) is 10.5. The SMILES string of the molecule is B[C@@H]1O[C@H](CO)[C@H](O)C1OC(=O)OC(C)(C)C. The largest absolute Gasteiger partial charge is 0.509 e. The van der Waals surface area contributed by atoms with E-state index in [9.17, 15) is 9.90 Å². The molecule has 7 heteroatoms. The van der Waals surface area contributed by atoms with Crippen molar-refractivity contribution < 1.29 is 29.2 Å². The van der Waals surface area contributed by atoms with Crippen LogP contribution in [0.15, 0.2) is 0 Å². The van der Waals surface area contributed by atoms with Crippen molar-refractivity contribution in [3.05, 3.63) is 0 Å². The second-order valence-electron chi connectivity index (χ2n) is 5.10. The highest BCUT2D eigenvalue weighted by atomic mass is 16.7. The second-order valence-corrected chi connectivity index (χ2v) is 5.10. The number of hydrogen-bond acceptors (Lipinski definition) is 6. The highest BCUT2D eigenvalue weighted by Gasteiger charge is 2.43. The van der Waals surface area contributed by atoms with E-state index in [0.717, 1.165) is 0 Å². The highest BCUT2D eigenvalue weighted by Crippen LogP contribution is 2.23. The van der Waals surface area contributed by atoms with Crippen LogP contribution in [0.3, 0.4) is 0 Å². The third kappa shape index (κ3) is 3.87. The van der Waals surface area contributed by atoms with Gasteiger partial charge in [-0.1, -0.05) is 0 Å². The number of aliphatic hydroxyl groups is 2. The van der Waals surface area contributed by atoms with E-state index in [0.29, 0.717) is 0 Å². The lowest BCUT2D eigenvalue weighted by Gasteiger charge is -2.23. The van der Waals surface area contributed by atoms with Gasteiger partial charge in [-0.3, -0.25) is 0 Å². The predicted octanol–water partition coefficient (Wildman–Crippen LogP) is -0.982. The maximum atomic E-state index is 11.4. The molecule has 0 aromatic carbocycles. The van der Waals surface area contributed by atoms with E-state index < -0.39 is 36.1 Å². The lowest BCUT2D eigenvalue weighted by Crippen LogP contribution is -2.39. The molecule has 0 aromatic rings. The Morgan fingerprint density at radius 3 is 2.47 bits per heavy atom. The van der Waals surface area contributed by atoms with Gasteiger partial charge in [-0.15, -0.1) is 0 Å². The minimum absolute atomic E-state index is 0.320. The summed E-state index contributed by atoms with van der Waals surface area (Å²) in [7, 11) is 1.66. The monoisotopic (exact) mass is 246 g/mol. The van der Waals surface area contributed by atoms with Crippen molar-refractivity contribution in [2.24, 2.45) is 0 Å². The van der Waals surface area contributed by atoms with Crippen molar-refractivity contribution in [1.29, 1.82) is 0 Å². The normalized spacial score (nSPS) is 33.5. The number of carbonyl (C=O) groups is 1. The van der Waals surface area contributed by atoms with Gasteiger partial charge in [-0.05, 0) is 20.8 Å². The number of hydrogen-bond donors (Lipinski definition) is 2. The lowest BCUT2D eigenvalue weighted by molar-refractivity contribution is -0.0529. The molecule has 1 rings (SSSR count). The van der Waals surface area contributed by atoms with Gasteiger partial charge in [-0.2, -0.15) is 0 Å². The summed E-state index contributed by atoms with van der Waals surface area (Å²) in [6.07, 6.45) is -3.43. The molecule has 0 spiro atoms. The number of aliphatic hydroxyl groups excluding tert-OH is 2. The number of carbonyl (C=O) groups excluding carboxylic acids is 1. The summed E-state index contributed by atoms with van der Waals surface area (Å²) >= 11 is 0. The van der Waals surface area contributed by atoms with Gasteiger partial charge in [0.2, 0.25) is 0 Å². The van der Waals surface area contributed by atoms with Gasteiger partial charge in [0.15, 0.2) is 6.10 Å². The average molecular weight is 246 g/mol. The van der Waals surface area contributed by atoms with Crippen molar-refractivity contribution in [3.63, 3.8) is 0 Å². The average Bonchev–Trinajstić information content (AvgIpc) is 2.42. The first-order chi connectivity index (χ1) is 7.74. The summed E-state index contributed by atoms with van der Waals surface area (Å²) in [5.41, 5.74) is -0.652. The van der Waals surface area contributed by atoms with Gasteiger partial charge in [-0.25, -0.2) is 4.79 Å². The van der Waals surface area contributed by atoms with Crippen molar-refractivity contribution >= 4 is 14.0 Å². The standard InChI is InChI=1S/C10H19BO6/c1-10(2,3)17-9(14)16-7-6(13)5(4-12)15-8(7)11/h5-8,12-13H,4,11H2,1-3H3/t5-,6+,7?,8-/m1/s1. The molecule has 6 nitrogen and oxygen atoms in total. The summed E-state index contributed by atoms with van der Waals surface area (Å²) in [6.45, 7) is 4.83. The Bertz CT molecular complexity index is 276. The molecule has 98 valence electrons. The van der Waals surface area contributed by atoms with Gasteiger partial charge in [0.1, 0.15) is 25.7 Å². The quantitative estimate of drug-likeness (QED) is 0.481. The molecule has 1 saturated heterocycles. The number of ether oxygens (including phenoxy) is 3. The van der Waals surface area contributed by atoms with Crippen LogP contribution in [-0.2, 0) is 14.2 Å². The van der Waals surface area contributed by atoms with Crippen molar-refractivity contribution in [3.8, 4) is 0 Å². The van der Waals surface area contributed by atoms with E-state index in [1.807, 2.05) is 0 Å². The molecule has 0 amide bonds. The van der Waals surface area contributed by atoms with E-state index in [2.05, 4.69) is 0 Å². The van der Waals surface area contributed by atoms with Crippen LogP contribution in [0, 0.1) is 0 Å². The summed E-state index contributed by atoms with van der Waals surface area (Å²) < 4.78 is 15.2. The highest BCUT2D eigenvalue weighted by molar-refractivity contribution is 6.11. The van der Waals surface area contributed by atoms with Gasteiger partial charge in [0.05, 0.1) is 12.6 Å². The van der Waals surface area contributed by atoms with Crippen LogP contribution >= 0.6 is 0 Å². The third-order valence-corrected chi connectivity index (χ3v) is 2.37.